The van der Waals surface area contributed by atoms with E-state index in [0.717, 1.165) is 16.7 Å². The van der Waals surface area contributed by atoms with Crippen LogP contribution in [0.4, 0.5) is 5.69 Å². The second kappa shape index (κ2) is 6.40. The van der Waals surface area contributed by atoms with E-state index < -0.39 is 5.60 Å². The Morgan fingerprint density at radius 1 is 0.926 bits per heavy atom. The molecule has 27 heavy (non-hydrogen) atoms. The monoisotopic (exact) mass is 357 g/mol. The number of benzene rings is 3. The molecule has 0 saturated carbocycles. The molecule has 0 aromatic heterocycles. The molecule has 0 unspecified atom stereocenters. The molecule has 134 valence electrons. The zero-order chi connectivity index (χ0) is 19.0. The van der Waals surface area contributed by atoms with Crippen LogP contribution in [0.25, 0.3) is 6.08 Å². The third-order valence-corrected chi connectivity index (χ3v) is 5.09. The van der Waals surface area contributed by atoms with Crippen molar-refractivity contribution in [3.8, 4) is 5.75 Å². The molecule has 3 aromatic rings. The number of nitro groups is 1. The van der Waals surface area contributed by atoms with E-state index in [4.69, 9.17) is 4.74 Å². The van der Waals surface area contributed by atoms with Crippen molar-refractivity contribution in [3.63, 3.8) is 0 Å². The average Bonchev–Trinajstić information content (AvgIpc) is 2.68. The minimum atomic E-state index is -0.773. The van der Waals surface area contributed by atoms with Crippen LogP contribution in [0.1, 0.15) is 27.8 Å². The minimum absolute atomic E-state index is 0.147. The van der Waals surface area contributed by atoms with Crippen LogP contribution in [-0.4, -0.2) is 4.92 Å². The molecule has 1 aliphatic heterocycles. The molecule has 3 aromatic carbocycles. The molecule has 0 atom stereocenters. The van der Waals surface area contributed by atoms with Crippen molar-refractivity contribution >= 4 is 11.8 Å². The van der Waals surface area contributed by atoms with Gasteiger partial charge in [0.15, 0.2) is 5.60 Å². The van der Waals surface area contributed by atoms with E-state index in [9.17, 15) is 10.1 Å². The van der Waals surface area contributed by atoms with E-state index in [1.807, 2.05) is 72.8 Å². The van der Waals surface area contributed by atoms with E-state index in [1.165, 1.54) is 0 Å². The van der Waals surface area contributed by atoms with Gasteiger partial charge in [-0.3, -0.25) is 10.1 Å². The normalized spacial score (nSPS) is 14.3. The SMILES string of the molecule is Cc1cc2c(c(C)c1[N+](=O)[O-])C=CC(c1ccccc1)(c1ccccc1)O2. The summed E-state index contributed by atoms with van der Waals surface area (Å²) in [4.78, 5) is 11.1. The number of nitrogens with zero attached hydrogens (tertiary/aromatic N) is 1. The van der Waals surface area contributed by atoms with Crippen LogP contribution in [0.15, 0.2) is 72.8 Å². The van der Waals surface area contributed by atoms with Gasteiger partial charge in [-0.05, 0) is 26.0 Å². The van der Waals surface area contributed by atoms with E-state index in [-0.39, 0.29) is 10.6 Å². The molecule has 0 fully saturated rings. The maximum absolute atomic E-state index is 11.4. The molecule has 0 amide bonds. The van der Waals surface area contributed by atoms with Crippen molar-refractivity contribution in [2.75, 3.05) is 0 Å². The van der Waals surface area contributed by atoms with Gasteiger partial charge in [0.2, 0.25) is 0 Å². The molecule has 0 bridgehead atoms. The summed E-state index contributed by atoms with van der Waals surface area (Å²) < 4.78 is 6.58. The largest absolute Gasteiger partial charge is 0.473 e. The lowest BCUT2D eigenvalue weighted by Crippen LogP contribution is -2.34. The first-order chi connectivity index (χ1) is 13.0. The van der Waals surface area contributed by atoms with Crippen LogP contribution < -0.4 is 4.74 Å². The van der Waals surface area contributed by atoms with Crippen molar-refractivity contribution in [1.82, 2.24) is 0 Å². The van der Waals surface area contributed by atoms with Crippen LogP contribution in [0.2, 0.25) is 0 Å². The first-order valence-corrected chi connectivity index (χ1v) is 8.81. The van der Waals surface area contributed by atoms with Gasteiger partial charge in [-0.2, -0.15) is 0 Å². The second-order valence-corrected chi connectivity index (χ2v) is 6.74. The van der Waals surface area contributed by atoms with Crippen molar-refractivity contribution in [2.24, 2.45) is 0 Å². The fourth-order valence-electron chi connectivity index (χ4n) is 3.78. The summed E-state index contributed by atoms with van der Waals surface area (Å²) in [5.74, 6) is 0.658. The Balaban J connectivity index is 1.94. The lowest BCUT2D eigenvalue weighted by Gasteiger charge is -2.36. The molecule has 0 aliphatic carbocycles. The van der Waals surface area contributed by atoms with Crippen LogP contribution in [-0.2, 0) is 5.60 Å². The molecule has 0 N–H and O–H groups in total. The molecule has 0 saturated heterocycles. The Morgan fingerprint density at radius 3 is 2.00 bits per heavy atom. The highest BCUT2D eigenvalue weighted by Gasteiger charge is 2.38. The molecule has 0 radical (unpaired) electrons. The molecular formula is C23H19NO3. The zero-order valence-corrected chi connectivity index (χ0v) is 15.2. The Morgan fingerprint density at radius 2 is 1.48 bits per heavy atom. The van der Waals surface area contributed by atoms with Gasteiger partial charge >= 0.3 is 0 Å². The summed E-state index contributed by atoms with van der Waals surface area (Å²) in [7, 11) is 0. The number of aryl methyl sites for hydroxylation is 1. The summed E-state index contributed by atoms with van der Waals surface area (Å²) in [5, 5.41) is 11.4. The topological polar surface area (TPSA) is 52.4 Å². The third kappa shape index (κ3) is 2.70. The Hall–Kier alpha value is -3.40. The molecule has 1 aliphatic rings. The van der Waals surface area contributed by atoms with E-state index in [0.29, 0.717) is 16.9 Å². The molecule has 4 nitrogen and oxygen atoms in total. The van der Waals surface area contributed by atoms with Crippen molar-refractivity contribution in [1.29, 1.82) is 0 Å². The van der Waals surface area contributed by atoms with Gasteiger partial charge in [0.25, 0.3) is 5.69 Å². The second-order valence-electron chi connectivity index (χ2n) is 6.74. The van der Waals surface area contributed by atoms with Gasteiger partial charge in [0, 0.05) is 27.8 Å². The fourth-order valence-corrected chi connectivity index (χ4v) is 3.78. The highest BCUT2D eigenvalue weighted by molar-refractivity contribution is 5.72. The Kier molecular flexibility index (Phi) is 4.04. The van der Waals surface area contributed by atoms with Gasteiger partial charge in [-0.25, -0.2) is 0 Å². The Bertz CT molecular complexity index is 1000. The molecule has 0 spiro atoms. The van der Waals surface area contributed by atoms with Crippen LogP contribution >= 0.6 is 0 Å². The molecule has 1 heterocycles. The van der Waals surface area contributed by atoms with Gasteiger partial charge in [-0.15, -0.1) is 0 Å². The molecule has 4 rings (SSSR count). The quantitative estimate of drug-likeness (QED) is 0.455. The number of ether oxygens (including phenoxy) is 1. The smallest absolute Gasteiger partial charge is 0.276 e. The van der Waals surface area contributed by atoms with E-state index >= 15 is 0 Å². The van der Waals surface area contributed by atoms with E-state index in [1.54, 1.807) is 19.9 Å². The number of fused-ring (bicyclic) bond motifs is 1. The van der Waals surface area contributed by atoms with Crippen molar-refractivity contribution in [3.05, 3.63) is 111 Å². The van der Waals surface area contributed by atoms with Crippen LogP contribution in [0.5, 0.6) is 5.75 Å². The summed E-state index contributed by atoms with van der Waals surface area (Å²) in [5.41, 5.74) is 3.37. The minimum Gasteiger partial charge on any atom is -0.473 e. The fraction of sp³-hybridized carbons (Fsp3) is 0.130. The average molecular weight is 357 g/mol. The van der Waals surface area contributed by atoms with Gasteiger partial charge in [0.1, 0.15) is 5.75 Å². The molecular weight excluding hydrogens is 338 g/mol. The third-order valence-electron chi connectivity index (χ3n) is 5.09. The van der Waals surface area contributed by atoms with Gasteiger partial charge < -0.3 is 4.74 Å². The van der Waals surface area contributed by atoms with Crippen LogP contribution in [0.3, 0.4) is 0 Å². The maximum atomic E-state index is 11.4. The maximum Gasteiger partial charge on any atom is 0.276 e. The summed E-state index contributed by atoms with van der Waals surface area (Å²) >= 11 is 0. The number of nitro benzene ring substituents is 1. The summed E-state index contributed by atoms with van der Waals surface area (Å²) in [6.07, 6.45) is 3.94. The first-order valence-electron chi connectivity index (χ1n) is 8.81. The first kappa shape index (κ1) is 17.0. The van der Waals surface area contributed by atoms with Crippen LogP contribution in [0, 0.1) is 24.0 Å². The van der Waals surface area contributed by atoms with Gasteiger partial charge in [-0.1, -0.05) is 66.7 Å². The number of hydrogen-bond donors (Lipinski definition) is 0. The predicted molar refractivity (Wildman–Crippen MR) is 106 cm³/mol. The predicted octanol–water partition coefficient (Wildman–Crippen LogP) is 5.56. The highest BCUT2D eigenvalue weighted by Crippen LogP contribution is 2.45. The van der Waals surface area contributed by atoms with Crippen molar-refractivity contribution < 1.29 is 9.66 Å². The van der Waals surface area contributed by atoms with Crippen molar-refractivity contribution in [2.45, 2.75) is 19.4 Å². The lowest BCUT2D eigenvalue weighted by atomic mass is 9.83. The number of hydrogen-bond acceptors (Lipinski definition) is 3. The standard InChI is InChI=1S/C23H19NO3/c1-16-15-21-20(17(2)22(16)24(25)26)13-14-23(27-21,18-9-5-3-6-10-18)19-11-7-4-8-12-19/h3-15H,1-2H3. The zero-order valence-electron chi connectivity index (χ0n) is 15.2. The highest BCUT2D eigenvalue weighted by atomic mass is 16.6. The van der Waals surface area contributed by atoms with Gasteiger partial charge in [0.05, 0.1) is 4.92 Å². The molecule has 4 heteroatoms. The summed E-state index contributed by atoms with van der Waals surface area (Å²) in [6.45, 7) is 3.52. The van der Waals surface area contributed by atoms with E-state index in [2.05, 4.69) is 0 Å². The Labute approximate surface area is 157 Å². The summed E-state index contributed by atoms with van der Waals surface area (Å²) in [6, 6.07) is 21.8. The number of rotatable bonds is 3. The lowest BCUT2D eigenvalue weighted by molar-refractivity contribution is -0.386.